The molecule has 2 rings (SSSR count). The Morgan fingerprint density at radius 3 is 2.62 bits per heavy atom. The number of rotatable bonds is 8. The fourth-order valence-electron chi connectivity index (χ4n) is 2.37. The predicted molar refractivity (Wildman–Crippen MR) is 83.6 cm³/mol. The van der Waals surface area contributed by atoms with Gasteiger partial charge in [0.25, 0.3) is 0 Å². The molecule has 3 nitrogen and oxygen atoms in total. The molecule has 1 amide bonds. The average Bonchev–Trinajstić information content (AvgIpc) is 2.43. The molecule has 0 aliphatic heterocycles. The summed E-state index contributed by atoms with van der Waals surface area (Å²) >= 11 is 1.56. The number of thioether (sulfide) groups is 1. The van der Waals surface area contributed by atoms with Gasteiger partial charge in [0.05, 0.1) is 5.75 Å². The first-order valence-corrected chi connectivity index (χ1v) is 8.58. The van der Waals surface area contributed by atoms with Gasteiger partial charge in [-0.1, -0.05) is 12.1 Å². The van der Waals surface area contributed by atoms with Crippen LogP contribution in [0.5, 0.6) is 0 Å². The fourth-order valence-corrected chi connectivity index (χ4v) is 3.24. The van der Waals surface area contributed by atoms with Crippen LogP contribution >= 0.6 is 11.8 Å². The van der Waals surface area contributed by atoms with E-state index in [1.165, 1.54) is 18.6 Å². The summed E-state index contributed by atoms with van der Waals surface area (Å²) < 4.78 is 12.8. The van der Waals surface area contributed by atoms with E-state index < -0.39 is 0 Å². The number of hydrogen-bond acceptors (Lipinski definition) is 3. The molecule has 1 N–H and O–H groups in total. The van der Waals surface area contributed by atoms with Crippen LogP contribution in [0.3, 0.4) is 0 Å². The van der Waals surface area contributed by atoms with E-state index in [2.05, 4.69) is 0 Å². The predicted octanol–water partition coefficient (Wildman–Crippen LogP) is 2.82. The molecule has 1 fully saturated rings. The molecule has 116 valence electrons. The van der Waals surface area contributed by atoms with Crippen LogP contribution in [0.1, 0.15) is 31.2 Å². The van der Waals surface area contributed by atoms with Crippen molar-refractivity contribution < 1.29 is 14.3 Å². The summed E-state index contributed by atoms with van der Waals surface area (Å²) in [4.78, 5) is 14.2. The van der Waals surface area contributed by atoms with Crippen LogP contribution < -0.4 is 0 Å². The van der Waals surface area contributed by atoms with Gasteiger partial charge in [-0.15, -0.1) is 11.8 Å². The highest BCUT2D eigenvalue weighted by Gasteiger charge is 2.27. The van der Waals surface area contributed by atoms with E-state index in [1.807, 2.05) is 4.90 Å². The van der Waals surface area contributed by atoms with Crippen molar-refractivity contribution in [3.63, 3.8) is 0 Å². The van der Waals surface area contributed by atoms with Crippen molar-refractivity contribution in [3.8, 4) is 0 Å². The SMILES string of the molecule is O=C(CSCc1ccc(F)cc1)N(CCCO)C1CCC1. The first-order chi connectivity index (χ1) is 10.2. The Hall–Kier alpha value is -1.07. The molecular formula is C16H22FNO2S. The minimum Gasteiger partial charge on any atom is -0.396 e. The van der Waals surface area contributed by atoms with Crippen LogP contribution in [-0.4, -0.2) is 40.9 Å². The number of carbonyl (C=O) groups excluding carboxylic acids is 1. The third-order valence-electron chi connectivity index (χ3n) is 3.80. The summed E-state index contributed by atoms with van der Waals surface area (Å²) in [5.41, 5.74) is 1.03. The number of aliphatic hydroxyl groups excluding tert-OH is 1. The number of amides is 1. The minimum absolute atomic E-state index is 0.124. The van der Waals surface area contributed by atoms with Gasteiger partial charge >= 0.3 is 0 Å². The lowest BCUT2D eigenvalue weighted by molar-refractivity contribution is -0.132. The van der Waals surface area contributed by atoms with Crippen molar-refractivity contribution in [3.05, 3.63) is 35.6 Å². The molecule has 21 heavy (non-hydrogen) atoms. The third-order valence-corrected chi connectivity index (χ3v) is 4.79. The quantitative estimate of drug-likeness (QED) is 0.802. The van der Waals surface area contributed by atoms with Crippen LogP contribution in [0, 0.1) is 5.82 Å². The lowest BCUT2D eigenvalue weighted by atomic mass is 9.91. The molecule has 0 spiro atoms. The Kier molecular flexibility index (Phi) is 6.51. The lowest BCUT2D eigenvalue weighted by Gasteiger charge is -2.37. The molecule has 5 heteroatoms. The van der Waals surface area contributed by atoms with Gasteiger partial charge in [0, 0.05) is 24.9 Å². The van der Waals surface area contributed by atoms with E-state index >= 15 is 0 Å². The van der Waals surface area contributed by atoms with Gasteiger partial charge in [-0.25, -0.2) is 4.39 Å². The molecular weight excluding hydrogens is 289 g/mol. The normalized spacial score (nSPS) is 14.8. The number of carbonyl (C=O) groups is 1. The Bertz CT molecular complexity index is 448. The molecule has 0 radical (unpaired) electrons. The monoisotopic (exact) mass is 311 g/mol. The fraction of sp³-hybridized carbons (Fsp3) is 0.562. The molecule has 0 saturated heterocycles. The summed E-state index contributed by atoms with van der Waals surface area (Å²) in [6.07, 6.45) is 4.00. The first-order valence-electron chi connectivity index (χ1n) is 7.43. The maximum atomic E-state index is 12.8. The van der Waals surface area contributed by atoms with Crippen LogP contribution in [0.4, 0.5) is 4.39 Å². The highest BCUT2D eigenvalue weighted by molar-refractivity contribution is 7.99. The minimum atomic E-state index is -0.236. The number of aliphatic hydroxyl groups is 1. The van der Waals surface area contributed by atoms with Gasteiger partial charge < -0.3 is 10.0 Å². The molecule has 1 aliphatic rings. The maximum Gasteiger partial charge on any atom is 0.232 e. The maximum absolute atomic E-state index is 12.8. The van der Waals surface area contributed by atoms with E-state index in [1.54, 1.807) is 23.9 Å². The first kappa shape index (κ1) is 16.3. The zero-order chi connectivity index (χ0) is 15.1. The number of hydrogen-bond donors (Lipinski definition) is 1. The van der Waals surface area contributed by atoms with Crippen LogP contribution in [0.2, 0.25) is 0 Å². The van der Waals surface area contributed by atoms with E-state index in [9.17, 15) is 9.18 Å². The van der Waals surface area contributed by atoms with Crippen LogP contribution in [0.25, 0.3) is 0 Å². The van der Waals surface area contributed by atoms with Gasteiger partial charge in [-0.05, 0) is 43.4 Å². The van der Waals surface area contributed by atoms with Gasteiger partial charge in [0.15, 0.2) is 0 Å². The Balaban J connectivity index is 1.77. The summed E-state index contributed by atoms with van der Waals surface area (Å²) in [5.74, 6) is 1.07. The van der Waals surface area contributed by atoms with Crippen molar-refractivity contribution in [1.82, 2.24) is 4.90 Å². The largest absolute Gasteiger partial charge is 0.396 e. The van der Waals surface area contributed by atoms with E-state index in [-0.39, 0.29) is 18.3 Å². The number of nitrogens with zero attached hydrogens (tertiary/aromatic N) is 1. The molecule has 1 aromatic rings. The van der Waals surface area contributed by atoms with Crippen molar-refractivity contribution in [2.75, 3.05) is 18.9 Å². The summed E-state index contributed by atoms with van der Waals surface area (Å²) in [6, 6.07) is 6.76. The summed E-state index contributed by atoms with van der Waals surface area (Å²) in [5, 5.41) is 8.94. The van der Waals surface area contributed by atoms with Crippen molar-refractivity contribution in [1.29, 1.82) is 0 Å². The van der Waals surface area contributed by atoms with Crippen molar-refractivity contribution in [2.24, 2.45) is 0 Å². The van der Waals surface area contributed by atoms with Crippen LogP contribution in [-0.2, 0) is 10.5 Å². The molecule has 0 heterocycles. The number of benzene rings is 1. The van der Waals surface area contributed by atoms with Crippen LogP contribution in [0.15, 0.2) is 24.3 Å². The molecule has 0 unspecified atom stereocenters. The third kappa shape index (κ3) is 5.00. The molecule has 0 bridgehead atoms. The van der Waals surface area contributed by atoms with Gasteiger partial charge in [-0.2, -0.15) is 0 Å². The summed E-state index contributed by atoms with van der Waals surface area (Å²) in [7, 11) is 0. The van der Waals surface area contributed by atoms with Gasteiger partial charge in [0.2, 0.25) is 5.91 Å². The standard InChI is InChI=1S/C16H22FNO2S/c17-14-7-5-13(6-8-14)11-21-12-16(20)18(9-2-10-19)15-3-1-4-15/h5-8,15,19H,1-4,9-12H2. The molecule has 1 saturated carbocycles. The van der Waals surface area contributed by atoms with E-state index in [4.69, 9.17) is 5.11 Å². The molecule has 0 atom stereocenters. The second-order valence-electron chi connectivity index (χ2n) is 5.37. The second-order valence-corrected chi connectivity index (χ2v) is 6.35. The Morgan fingerprint density at radius 1 is 1.33 bits per heavy atom. The highest BCUT2D eigenvalue weighted by atomic mass is 32.2. The highest BCUT2D eigenvalue weighted by Crippen LogP contribution is 2.26. The zero-order valence-electron chi connectivity index (χ0n) is 12.1. The molecule has 1 aromatic carbocycles. The van der Waals surface area contributed by atoms with E-state index in [0.717, 1.165) is 18.4 Å². The Morgan fingerprint density at radius 2 is 2.05 bits per heavy atom. The second kappa shape index (κ2) is 8.39. The van der Waals surface area contributed by atoms with Crippen molar-refractivity contribution >= 4 is 17.7 Å². The van der Waals surface area contributed by atoms with Crippen molar-refractivity contribution in [2.45, 2.75) is 37.5 Å². The Labute approximate surface area is 129 Å². The summed E-state index contributed by atoms with van der Waals surface area (Å²) in [6.45, 7) is 0.774. The zero-order valence-corrected chi connectivity index (χ0v) is 12.9. The number of halogens is 1. The van der Waals surface area contributed by atoms with E-state index in [0.29, 0.717) is 30.5 Å². The lowest BCUT2D eigenvalue weighted by Crippen LogP contribution is -2.45. The molecule has 1 aliphatic carbocycles. The molecule has 0 aromatic heterocycles. The topological polar surface area (TPSA) is 40.5 Å². The van der Waals surface area contributed by atoms with Gasteiger partial charge in [-0.3, -0.25) is 4.79 Å². The smallest absolute Gasteiger partial charge is 0.232 e. The van der Waals surface area contributed by atoms with Gasteiger partial charge in [0.1, 0.15) is 5.82 Å². The average molecular weight is 311 g/mol.